The van der Waals surface area contributed by atoms with Gasteiger partial charge in [0.05, 0.1) is 0 Å². The van der Waals surface area contributed by atoms with E-state index in [-0.39, 0.29) is 0 Å². The van der Waals surface area contributed by atoms with Crippen LogP contribution in [-0.2, 0) is 19.8 Å². The third-order valence-electron chi connectivity index (χ3n) is 2.23. The first-order valence-electron chi connectivity index (χ1n) is 4.80. The Hall–Kier alpha value is -1.08. The highest BCUT2D eigenvalue weighted by atomic mass is 32.3. The average Bonchev–Trinajstić information content (AvgIpc) is 2.28. The van der Waals surface area contributed by atoms with Gasteiger partial charge >= 0.3 is 0 Å². The van der Waals surface area contributed by atoms with Crippen LogP contribution in [0.2, 0.25) is 0 Å². The number of rotatable bonds is 4. The fourth-order valence-corrected chi connectivity index (χ4v) is 2.61. The lowest BCUT2D eigenvalue weighted by atomic mass is 10.1. The lowest BCUT2D eigenvalue weighted by molar-refractivity contribution is 0.391. The topological polar surface area (TPSA) is 66.4 Å². The predicted octanol–water partition coefficient (Wildman–Crippen LogP) is 2.46. The monoisotopic (exact) mass is 269 g/mol. The van der Waals surface area contributed by atoms with Crippen molar-refractivity contribution in [2.24, 2.45) is 0 Å². The molecule has 0 fully saturated rings. The van der Waals surface area contributed by atoms with Crippen LogP contribution in [0, 0.1) is 0 Å². The summed E-state index contributed by atoms with van der Waals surface area (Å²) in [6.45, 7) is 0. The first kappa shape index (κ1) is 12.4. The average molecular weight is 269 g/mol. The molecular formula is C11H9O4S2-. The molecular weight excluding hydrogens is 260 g/mol. The number of hydrogen-bond acceptors (Lipinski definition) is 5. The molecule has 0 atom stereocenters. The Bertz CT molecular complexity index is 617. The van der Waals surface area contributed by atoms with Crippen molar-refractivity contribution in [2.45, 2.75) is 5.75 Å². The summed E-state index contributed by atoms with van der Waals surface area (Å²) in [5.41, 5.74) is 0.928. The van der Waals surface area contributed by atoms with Crippen LogP contribution in [-0.4, -0.2) is 13.0 Å². The van der Waals surface area contributed by atoms with Gasteiger partial charge in [-0.25, -0.2) is 12.0 Å². The standard InChI is InChI=1S/C11H10O4S2/c12-17(13,14)15-16-8-10-6-3-5-9-4-1-2-7-11(9)10/h1-7H,8H2,(H,12,13,14)/p-1. The van der Waals surface area contributed by atoms with Crippen molar-refractivity contribution < 1.29 is 16.6 Å². The van der Waals surface area contributed by atoms with Crippen molar-refractivity contribution in [3.63, 3.8) is 0 Å². The van der Waals surface area contributed by atoms with Gasteiger partial charge in [0.1, 0.15) is 0 Å². The van der Waals surface area contributed by atoms with E-state index in [2.05, 4.69) is 3.63 Å². The van der Waals surface area contributed by atoms with Crippen LogP contribution in [0.1, 0.15) is 5.56 Å². The molecule has 0 radical (unpaired) electrons. The lowest BCUT2D eigenvalue weighted by Crippen LogP contribution is -1.97. The Morgan fingerprint density at radius 1 is 1.12 bits per heavy atom. The Labute approximate surface area is 104 Å². The van der Waals surface area contributed by atoms with Gasteiger partial charge in [-0.2, -0.15) is 0 Å². The first-order valence-corrected chi connectivity index (χ1v) is 7.04. The molecule has 0 spiro atoms. The molecule has 0 aliphatic carbocycles. The molecule has 0 amide bonds. The van der Waals surface area contributed by atoms with E-state index in [4.69, 9.17) is 0 Å². The number of hydrogen-bond donors (Lipinski definition) is 0. The summed E-state index contributed by atoms with van der Waals surface area (Å²) in [5, 5.41) is 2.09. The second kappa shape index (κ2) is 5.05. The van der Waals surface area contributed by atoms with E-state index in [1.54, 1.807) is 0 Å². The molecule has 0 aliphatic heterocycles. The highest BCUT2D eigenvalue weighted by molar-refractivity contribution is 8.02. The molecule has 0 aliphatic rings. The molecule has 0 saturated heterocycles. The number of fused-ring (bicyclic) bond motifs is 1. The van der Waals surface area contributed by atoms with Crippen molar-refractivity contribution in [1.82, 2.24) is 0 Å². The second-order valence-electron chi connectivity index (χ2n) is 3.38. The molecule has 17 heavy (non-hydrogen) atoms. The summed E-state index contributed by atoms with van der Waals surface area (Å²) in [6.07, 6.45) is 0. The van der Waals surface area contributed by atoms with Gasteiger partial charge in [-0.3, -0.25) is 0 Å². The largest absolute Gasteiger partial charge is 0.725 e. The first-order chi connectivity index (χ1) is 8.06. The van der Waals surface area contributed by atoms with Gasteiger partial charge < -0.3 is 4.55 Å². The van der Waals surface area contributed by atoms with E-state index in [0.29, 0.717) is 17.8 Å². The van der Waals surface area contributed by atoms with E-state index in [1.807, 2.05) is 42.5 Å². The zero-order valence-electron chi connectivity index (χ0n) is 8.70. The molecule has 0 bridgehead atoms. The Morgan fingerprint density at radius 3 is 2.59 bits per heavy atom. The van der Waals surface area contributed by atoms with E-state index in [9.17, 15) is 13.0 Å². The Morgan fingerprint density at radius 2 is 1.82 bits per heavy atom. The number of benzene rings is 2. The van der Waals surface area contributed by atoms with Crippen LogP contribution in [0.3, 0.4) is 0 Å². The molecule has 0 heterocycles. The Kier molecular flexibility index (Phi) is 3.68. The van der Waals surface area contributed by atoms with Crippen molar-refractivity contribution in [3.05, 3.63) is 48.0 Å². The maximum absolute atomic E-state index is 10.3. The summed E-state index contributed by atoms with van der Waals surface area (Å²) in [6, 6.07) is 13.5. The van der Waals surface area contributed by atoms with Gasteiger partial charge in [0.25, 0.3) is 0 Å². The summed E-state index contributed by atoms with van der Waals surface area (Å²) in [7, 11) is -4.63. The lowest BCUT2D eigenvalue weighted by Gasteiger charge is -2.07. The normalized spacial score (nSPS) is 11.8. The minimum absolute atomic E-state index is 0.308. The van der Waals surface area contributed by atoms with Gasteiger partial charge in [0, 0.05) is 17.8 Å². The summed E-state index contributed by atoms with van der Waals surface area (Å²) >= 11 is 0.628. The Balaban J connectivity index is 2.19. The van der Waals surface area contributed by atoms with Crippen molar-refractivity contribution >= 4 is 33.2 Å². The quantitative estimate of drug-likeness (QED) is 0.484. The maximum atomic E-state index is 10.3. The van der Waals surface area contributed by atoms with Gasteiger partial charge in [-0.15, -0.1) is 0 Å². The summed E-state index contributed by atoms with van der Waals surface area (Å²) in [5.74, 6) is 0.308. The molecule has 90 valence electrons. The van der Waals surface area contributed by atoms with Gasteiger partial charge in [0.2, 0.25) is 10.4 Å². The molecule has 2 rings (SSSR count). The molecule has 6 heteroatoms. The molecule has 0 aromatic heterocycles. The SMILES string of the molecule is O=S(=O)([O-])OSCc1cccc2ccccc12. The van der Waals surface area contributed by atoms with Crippen LogP contribution in [0.25, 0.3) is 10.8 Å². The summed E-state index contributed by atoms with van der Waals surface area (Å²) in [4.78, 5) is 0. The minimum atomic E-state index is -4.63. The molecule has 0 unspecified atom stereocenters. The van der Waals surface area contributed by atoms with Gasteiger partial charge in [-0.1, -0.05) is 42.5 Å². The fourth-order valence-electron chi connectivity index (χ4n) is 1.56. The van der Waals surface area contributed by atoms with Gasteiger partial charge in [-0.05, 0) is 16.3 Å². The third-order valence-corrected chi connectivity index (χ3v) is 3.71. The van der Waals surface area contributed by atoms with Crippen LogP contribution >= 0.6 is 12.0 Å². The van der Waals surface area contributed by atoms with Crippen LogP contribution in [0.4, 0.5) is 0 Å². The van der Waals surface area contributed by atoms with Crippen LogP contribution in [0.5, 0.6) is 0 Å². The zero-order chi connectivity index (χ0) is 12.3. The molecule has 2 aromatic carbocycles. The van der Waals surface area contributed by atoms with Crippen molar-refractivity contribution in [3.8, 4) is 0 Å². The fraction of sp³-hybridized carbons (Fsp3) is 0.0909. The smallest absolute Gasteiger partial charge is 0.228 e. The van der Waals surface area contributed by atoms with E-state index in [0.717, 1.165) is 16.3 Å². The molecule has 0 saturated carbocycles. The second-order valence-corrected chi connectivity index (χ2v) is 5.26. The van der Waals surface area contributed by atoms with E-state index < -0.39 is 10.4 Å². The maximum Gasteiger partial charge on any atom is 0.228 e. The zero-order valence-corrected chi connectivity index (χ0v) is 10.3. The third kappa shape index (κ3) is 3.44. The highest BCUT2D eigenvalue weighted by Crippen LogP contribution is 2.23. The van der Waals surface area contributed by atoms with Crippen molar-refractivity contribution in [2.75, 3.05) is 0 Å². The van der Waals surface area contributed by atoms with E-state index >= 15 is 0 Å². The van der Waals surface area contributed by atoms with E-state index in [1.165, 1.54) is 0 Å². The van der Waals surface area contributed by atoms with Gasteiger partial charge in [0.15, 0.2) is 0 Å². The molecule has 2 aromatic rings. The predicted molar refractivity (Wildman–Crippen MR) is 66.0 cm³/mol. The van der Waals surface area contributed by atoms with Crippen LogP contribution < -0.4 is 0 Å². The molecule has 4 nitrogen and oxygen atoms in total. The van der Waals surface area contributed by atoms with Crippen molar-refractivity contribution in [1.29, 1.82) is 0 Å². The summed E-state index contributed by atoms with van der Waals surface area (Å²) < 4.78 is 35.0. The minimum Gasteiger partial charge on any atom is -0.725 e. The molecule has 0 N–H and O–H groups in total. The van der Waals surface area contributed by atoms with Crippen LogP contribution in [0.15, 0.2) is 42.5 Å². The highest BCUT2D eigenvalue weighted by Gasteiger charge is 2.02.